The van der Waals surface area contributed by atoms with Gasteiger partial charge in [-0.25, -0.2) is 0 Å². The van der Waals surface area contributed by atoms with Gasteiger partial charge in [0.05, 0.1) is 12.0 Å². The summed E-state index contributed by atoms with van der Waals surface area (Å²) in [6, 6.07) is 1.77. The molecule has 0 fully saturated rings. The first kappa shape index (κ1) is 13.1. The van der Waals surface area contributed by atoms with E-state index in [1.54, 1.807) is 13.2 Å². The Morgan fingerprint density at radius 1 is 1.61 bits per heavy atom. The van der Waals surface area contributed by atoms with Crippen molar-refractivity contribution in [1.29, 1.82) is 0 Å². The zero-order valence-corrected chi connectivity index (χ0v) is 11.3. The van der Waals surface area contributed by atoms with Gasteiger partial charge in [-0.05, 0) is 19.4 Å². The molecule has 0 atom stereocenters. The van der Waals surface area contributed by atoms with Crippen LogP contribution in [0.25, 0.3) is 0 Å². The molecule has 2 N–H and O–H groups in total. The lowest BCUT2D eigenvalue weighted by Gasteiger charge is -2.13. The molecule has 5 heteroatoms. The normalized spacial score (nSPS) is 15.1. The number of hydrogen-bond donors (Lipinski definition) is 2. The van der Waals surface area contributed by atoms with Crippen LogP contribution in [-0.4, -0.2) is 32.7 Å². The number of ether oxygens (including phenoxy) is 1. The largest absolute Gasteiger partial charge is 0.496 e. The van der Waals surface area contributed by atoms with Crippen molar-refractivity contribution in [3.05, 3.63) is 28.0 Å². The molecular weight excluding hydrogens is 248 g/mol. The first-order valence-corrected chi connectivity index (χ1v) is 6.97. The quantitative estimate of drug-likeness (QED) is 0.799. The number of carbonyl (C=O) groups excluding carboxylic acids is 1. The molecule has 1 aliphatic rings. The Labute approximate surface area is 111 Å². The summed E-state index contributed by atoms with van der Waals surface area (Å²) in [5.74, 6) is 0.726. The minimum atomic E-state index is -0.0159. The zero-order chi connectivity index (χ0) is 12.8. The van der Waals surface area contributed by atoms with Crippen molar-refractivity contribution < 1.29 is 9.53 Å². The number of carbonyl (C=O) groups is 1. The molecule has 18 heavy (non-hydrogen) atoms. The maximum absolute atomic E-state index is 11.8. The smallest absolute Gasteiger partial charge is 0.261 e. The fraction of sp³-hybridized carbons (Fsp3) is 0.462. The van der Waals surface area contributed by atoms with Gasteiger partial charge in [0.15, 0.2) is 0 Å². The topological polar surface area (TPSA) is 50.4 Å². The molecule has 0 spiro atoms. The number of hydrogen-bond acceptors (Lipinski definition) is 4. The molecule has 0 saturated heterocycles. The Balaban J connectivity index is 1.76. The van der Waals surface area contributed by atoms with Crippen molar-refractivity contribution in [2.75, 3.05) is 26.7 Å². The lowest BCUT2D eigenvalue weighted by atomic mass is 10.1. The van der Waals surface area contributed by atoms with E-state index in [2.05, 4.69) is 16.7 Å². The van der Waals surface area contributed by atoms with Crippen LogP contribution in [0.5, 0.6) is 5.75 Å². The van der Waals surface area contributed by atoms with E-state index in [0.717, 1.165) is 31.7 Å². The Morgan fingerprint density at radius 2 is 2.50 bits per heavy atom. The molecule has 1 amide bonds. The maximum Gasteiger partial charge on any atom is 0.261 e. The molecule has 98 valence electrons. The second kappa shape index (κ2) is 6.56. The third-order valence-corrected chi connectivity index (χ3v) is 3.83. The second-order valence-corrected chi connectivity index (χ2v) is 5.08. The van der Waals surface area contributed by atoms with Crippen LogP contribution >= 0.6 is 11.3 Å². The molecule has 1 aliphatic heterocycles. The van der Waals surface area contributed by atoms with Crippen molar-refractivity contribution in [3.63, 3.8) is 0 Å². The SMILES string of the molecule is COc1csc(C(=O)NCCC2=CCNCC2)c1. The molecule has 2 rings (SSSR count). The zero-order valence-electron chi connectivity index (χ0n) is 10.5. The third kappa shape index (κ3) is 3.58. The average Bonchev–Trinajstić information content (AvgIpc) is 2.89. The predicted octanol–water partition coefficient (Wildman–Crippen LogP) is 1.80. The minimum absolute atomic E-state index is 0.0159. The summed E-state index contributed by atoms with van der Waals surface area (Å²) in [5, 5.41) is 8.05. The van der Waals surface area contributed by atoms with E-state index in [1.165, 1.54) is 16.9 Å². The van der Waals surface area contributed by atoms with E-state index < -0.39 is 0 Å². The van der Waals surface area contributed by atoms with Crippen molar-refractivity contribution in [3.8, 4) is 5.75 Å². The molecule has 0 saturated carbocycles. The fourth-order valence-corrected chi connectivity index (χ4v) is 2.64. The van der Waals surface area contributed by atoms with Crippen LogP contribution in [0.15, 0.2) is 23.1 Å². The van der Waals surface area contributed by atoms with Gasteiger partial charge in [-0.1, -0.05) is 11.6 Å². The van der Waals surface area contributed by atoms with Crippen molar-refractivity contribution in [1.82, 2.24) is 10.6 Å². The number of rotatable bonds is 5. The van der Waals surface area contributed by atoms with Crippen LogP contribution < -0.4 is 15.4 Å². The summed E-state index contributed by atoms with van der Waals surface area (Å²) in [4.78, 5) is 12.5. The van der Waals surface area contributed by atoms with Crippen molar-refractivity contribution in [2.24, 2.45) is 0 Å². The molecule has 1 aromatic rings. The van der Waals surface area contributed by atoms with Crippen molar-refractivity contribution in [2.45, 2.75) is 12.8 Å². The summed E-state index contributed by atoms with van der Waals surface area (Å²) < 4.78 is 5.06. The first-order chi connectivity index (χ1) is 8.79. The maximum atomic E-state index is 11.8. The van der Waals surface area contributed by atoms with Gasteiger partial charge < -0.3 is 15.4 Å². The molecule has 0 bridgehead atoms. The van der Waals surface area contributed by atoms with E-state index in [-0.39, 0.29) is 5.91 Å². The summed E-state index contributed by atoms with van der Waals surface area (Å²) in [6.45, 7) is 2.69. The Kier molecular flexibility index (Phi) is 4.78. The van der Waals surface area contributed by atoms with Crippen LogP contribution in [0.1, 0.15) is 22.5 Å². The molecule has 4 nitrogen and oxygen atoms in total. The minimum Gasteiger partial charge on any atom is -0.496 e. The fourth-order valence-electron chi connectivity index (χ4n) is 1.87. The first-order valence-electron chi connectivity index (χ1n) is 6.09. The van der Waals surface area contributed by atoms with Crippen molar-refractivity contribution >= 4 is 17.2 Å². The van der Waals surface area contributed by atoms with Gasteiger partial charge in [-0.3, -0.25) is 4.79 Å². The molecule has 2 heterocycles. The van der Waals surface area contributed by atoms with Gasteiger partial charge in [-0.15, -0.1) is 11.3 Å². The highest BCUT2D eigenvalue weighted by atomic mass is 32.1. The Hall–Kier alpha value is -1.33. The average molecular weight is 266 g/mol. The lowest BCUT2D eigenvalue weighted by Crippen LogP contribution is -2.26. The molecule has 0 aliphatic carbocycles. The predicted molar refractivity (Wildman–Crippen MR) is 73.4 cm³/mol. The van der Waals surface area contributed by atoms with Gasteiger partial charge >= 0.3 is 0 Å². The van der Waals surface area contributed by atoms with Crippen LogP contribution in [0.4, 0.5) is 0 Å². The molecule has 0 radical (unpaired) electrons. The van der Waals surface area contributed by atoms with E-state index in [0.29, 0.717) is 11.4 Å². The van der Waals surface area contributed by atoms with Crippen LogP contribution in [0, 0.1) is 0 Å². The van der Waals surface area contributed by atoms with Gasteiger partial charge in [0.2, 0.25) is 0 Å². The van der Waals surface area contributed by atoms with E-state index >= 15 is 0 Å². The molecule has 1 aromatic heterocycles. The van der Waals surface area contributed by atoms with E-state index in [4.69, 9.17) is 4.74 Å². The summed E-state index contributed by atoms with van der Waals surface area (Å²) in [6.07, 6.45) is 4.24. The van der Waals surface area contributed by atoms with Crippen LogP contribution in [-0.2, 0) is 0 Å². The number of amides is 1. The van der Waals surface area contributed by atoms with Crippen LogP contribution in [0.2, 0.25) is 0 Å². The summed E-state index contributed by atoms with van der Waals surface area (Å²) >= 11 is 1.41. The highest BCUT2D eigenvalue weighted by Gasteiger charge is 2.09. The molecule has 0 aromatic carbocycles. The monoisotopic (exact) mass is 266 g/mol. The third-order valence-electron chi connectivity index (χ3n) is 2.92. The molecule has 0 unspecified atom stereocenters. The second-order valence-electron chi connectivity index (χ2n) is 4.17. The Bertz CT molecular complexity index is 440. The van der Waals surface area contributed by atoms with Crippen LogP contribution in [0.3, 0.4) is 0 Å². The standard InChI is InChI=1S/C13H18N2O2S/c1-17-11-8-12(18-9-11)13(16)15-7-4-10-2-5-14-6-3-10/h2,8-9,14H,3-7H2,1H3,(H,15,16). The highest BCUT2D eigenvalue weighted by molar-refractivity contribution is 7.12. The summed E-state index contributed by atoms with van der Waals surface area (Å²) in [5.41, 5.74) is 1.43. The van der Waals surface area contributed by atoms with Gasteiger partial charge in [0, 0.05) is 24.5 Å². The van der Waals surface area contributed by atoms with E-state index in [1.807, 2.05) is 5.38 Å². The molecular formula is C13H18N2O2S. The van der Waals surface area contributed by atoms with Gasteiger partial charge in [0.25, 0.3) is 5.91 Å². The van der Waals surface area contributed by atoms with Gasteiger partial charge in [0.1, 0.15) is 5.75 Å². The summed E-state index contributed by atoms with van der Waals surface area (Å²) in [7, 11) is 1.60. The lowest BCUT2D eigenvalue weighted by molar-refractivity contribution is 0.0958. The number of nitrogens with one attached hydrogen (secondary N) is 2. The highest BCUT2D eigenvalue weighted by Crippen LogP contribution is 2.20. The Morgan fingerprint density at radius 3 is 3.17 bits per heavy atom. The van der Waals surface area contributed by atoms with Gasteiger partial charge in [-0.2, -0.15) is 0 Å². The number of thiophene rings is 1. The number of methoxy groups -OCH3 is 1. The van der Waals surface area contributed by atoms with E-state index in [9.17, 15) is 4.79 Å².